The lowest BCUT2D eigenvalue weighted by Crippen LogP contribution is -2.35. The molecule has 4 heteroatoms. The van der Waals surface area contributed by atoms with E-state index in [2.05, 4.69) is 34.6 Å². The molecule has 1 saturated carbocycles. The Morgan fingerprint density at radius 1 is 1.09 bits per heavy atom. The van der Waals surface area contributed by atoms with E-state index in [1.165, 1.54) is 24.8 Å². The summed E-state index contributed by atoms with van der Waals surface area (Å²) in [5, 5.41) is 12.4. The molecule has 1 aromatic carbocycles. The summed E-state index contributed by atoms with van der Waals surface area (Å²) in [5.74, 6) is 0. The Hall–Kier alpha value is -2.12. The van der Waals surface area contributed by atoms with Crippen molar-refractivity contribution in [3.05, 3.63) is 41.6 Å². The van der Waals surface area contributed by atoms with Crippen LogP contribution >= 0.6 is 12.2 Å². The van der Waals surface area contributed by atoms with Crippen molar-refractivity contribution in [2.45, 2.75) is 37.5 Å². The van der Waals surface area contributed by atoms with E-state index in [0.29, 0.717) is 5.69 Å². The molecular weight excluding hydrogens is 290 g/mol. The Balaban J connectivity index is 1.81. The van der Waals surface area contributed by atoms with Gasteiger partial charge in [-0.3, -0.25) is 0 Å². The quantitative estimate of drug-likeness (QED) is 0.762. The third-order valence-electron chi connectivity index (χ3n) is 5.04. The van der Waals surface area contributed by atoms with Crippen LogP contribution in [0, 0.1) is 11.3 Å². The van der Waals surface area contributed by atoms with Crippen molar-refractivity contribution in [3.63, 3.8) is 0 Å². The van der Waals surface area contributed by atoms with Crippen LogP contribution in [0.15, 0.2) is 30.3 Å². The van der Waals surface area contributed by atoms with E-state index >= 15 is 0 Å². The summed E-state index contributed by atoms with van der Waals surface area (Å²) in [5.41, 5.74) is 5.23. The number of aromatic nitrogens is 1. The Kier molecular flexibility index (Phi) is 3.05. The maximum atomic E-state index is 8.98. The van der Waals surface area contributed by atoms with Crippen LogP contribution in [-0.2, 0) is 5.41 Å². The molecule has 2 heterocycles. The fraction of sp³-hybridized carbons (Fsp3) is 0.333. The molecule has 1 aliphatic heterocycles. The highest BCUT2D eigenvalue weighted by Crippen LogP contribution is 2.48. The number of nitrogens with zero attached hydrogens (tertiary/aromatic N) is 1. The number of thiocarbonyl (C=S) groups is 1. The molecule has 2 N–H and O–H groups in total. The third-order valence-corrected chi connectivity index (χ3v) is 5.54. The zero-order valence-electron chi connectivity index (χ0n) is 12.3. The Labute approximate surface area is 135 Å². The maximum absolute atomic E-state index is 8.98. The number of hydrogen-bond acceptors (Lipinski definition) is 2. The number of nitrogens with one attached hydrogen (secondary N) is 2. The molecule has 1 spiro atoms. The van der Waals surface area contributed by atoms with Gasteiger partial charge in [-0.1, -0.05) is 37.5 Å². The molecule has 2 aliphatic rings. The summed E-state index contributed by atoms with van der Waals surface area (Å²) >= 11 is 5.68. The number of benzene rings is 1. The average Bonchev–Trinajstić information content (AvgIpc) is 3.13. The first kappa shape index (κ1) is 13.5. The second-order valence-corrected chi connectivity index (χ2v) is 6.66. The third kappa shape index (κ3) is 1.89. The van der Waals surface area contributed by atoms with Crippen molar-refractivity contribution < 1.29 is 0 Å². The van der Waals surface area contributed by atoms with E-state index in [9.17, 15) is 0 Å². The summed E-state index contributed by atoms with van der Waals surface area (Å²) in [4.78, 5) is 4.15. The van der Waals surface area contributed by atoms with Gasteiger partial charge in [0.05, 0.1) is 4.99 Å². The van der Waals surface area contributed by atoms with Crippen LogP contribution in [0.1, 0.15) is 43.4 Å². The standard InChI is InChI=1S/C18H17N3S/c19-11-13-5-7-15(20-13)12-4-6-16-14(10-12)18(17(22)21-16)8-2-1-3-9-18/h4-7,10,20H,1-3,8-9H2,(H,21,22). The molecule has 1 fully saturated rings. The Bertz CT molecular complexity index is 791. The maximum Gasteiger partial charge on any atom is 0.118 e. The molecule has 110 valence electrons. The van der Waals surface area contributed by atoms with Gasteiger partial charge in [0.25, 0.3) is 0 Å². The normalized spacial score (nSPS) is 18.8. The van der Waals surface area contributed by atoms with Crippen LogP contribution in [0.3, 0.4) is 0 Å². The molecule has 0 radical (unpaired) electrons. The minimum atomic E-state index is 0.0313. The second kappa shape index (κ2) is 4.96. The van der Waals surface area contributed by atoms with Crippen LogP contribution in [0.4, 0.5) is 5.69 Å². The minimum Gasteiger partial charge on any atom is -0.349 e. The van der Waals surface area contributed by atoms with E-state index in [0.717, 1.165) is 34.8 Å². The first-order valence-corrected chi connectivity index (χ1v) is 8.19. The van der Waals surface area contributed by atoms with Crippen LogP contribution < -0.4 is 5.32 Å². The van der Waals surface area contributed by atoms with Gasteiger partial charge in [0.1, 0.15) is 11.8 Å². The minimum absolute atomic E-state index is 0.0313. The van der Waals surface area contributed by atoms with E-state index in [1.807, 2.05) is 12.1 Å². The number of rotatable bonds is 1. The molecule has 4 rings (SSSR count). The summed E-state index contributed by atoms with van der Waals surface area (Å²) in [6.45, 7) is 0. The van der Waals surface area contributed by atoms with Gasteiger partial charge in [0.2, 0.25) is 0 Å². The van der Waals surface area contributed by atoms with E-state index < -0.39 is 0 Å². The molecule has 1 aliphatic carbocycles. The summed E-state index contributed by atoms with van der Waals surface area (Å²) < 4.78 is 0. The number of hydrogen-bond donors (Lipinski definition) is 2. The predicted octanol–water partition coefficient (Wildman–Crippen LogP) is 4.51. The first-order chi connectivity index (χ1) is 10.7. The van der Waals surface area contributed by atoms with E-state index in [-0.39, 0.29) is 5.41 Å². The topological polar surface area (TPSA) is 51.6 Å². The van der Waals surface area contributed by atoms with Crippen molar-refractivity contribution in [1.82, 2.24) is 4.98 Å². The van der Waals surface area contributed by atoms with Gasteiger partial charge in [-0.05, 0) is 48.2 Å². The van der Waals surface area contributed by atoms with Crippen molar-refractivity contribution in [2.75, 3.05) is 5.32 Å². The van der Waals surface area contributed by atoms with Gasteiger partial charge < -0.3 is 10.3 Å². The number of anilines is 1. The molecule has 22 heavy (non-hydrogen) atoms. The zero-order chi connectivity index (χ0) is 15.2. The van der Waals surface area contributed by atoms with Gasteiger partial charge in [-0.25, -0.2) is 0 Å². The number of H-pyrrole nitrogens is 1. The monoisotopic (exact) mass is 307 g/mol. The molecule has 0 atom stereocenters. The first-order valence-electron chi connectivity index (χ1n) is 7.78. The van der Waals surface area contributed by atoms with Crippen molar-refractivity contribution in [3.8, 4) is 17.3 Å². The van der Waals surface area contributed by atoms with Crippen LogP contribution in [0.25, 0.3) is 11.3 Å². The lowest BCUT2D eigenvalue weighted by molar-refractivity contribution is 0.389. The van der Waals surface area contributed by atoms with Crippen LogP contribution in [0.2, 0.25) is 0 Å². The molecule has 0 bridgehead atoms. The van der Waals surface area contributed by atoms with Crippen molar-refractivity contribution in [2.24, 2.45) is 0 Å². The molecule has 1 aromatic heterocycles. The molecule has 0 saturated heterocycles. The highest BCUT2D eigenvalue weighted by Gasteiger charge is 2.44. The number of fused-ring (bicyclic) bond motifs is 2. The SMILES string of the molecule is N#Cc1ccc(-c2ccc3c(c2)C2(CCCCC2)C(=S)N3)[nH]1. The van der Waals surface area contributed by atoms with Crippen molar-refractivity contribution in [1.29, 1.82) is 5.26 Å². The molecule has 2 aromatic rings. The number of nitriles is 1. The van der Waals surface area contributed by atoms with Crippen LogP contribution in [-0.4, -0.2) is 9.97 Å². The zero-order valence-corrected chi connectivity index (χ0v) is 13.1. The smallest absolute Gasteiger partial charge is 0.118 e. The average molecular weight is 307 g/mol. The Morgan fingerprint density at radius 2 is 1.91 bits per heavy atom. The van der Waals surface area contributed by atoms with E-state index in [1.54, 1.807) is 0 Å². The summed E-state index contributed by atoms with van der Waals surface area (Å²) in [6, 6.07) is 12.4. The largest absolute Gasteiger partial charge is 0.349 e. The fourth-order valence-corrected chi connectivity index (χ4v) is 4.29. The van der Waals surface area contributed by atoms with Gasteiger partial charge in [-0.2, -0.15) is 5.26 Å². The van der Waals surface area contributed by atoms with Gasteiger partial charge in [-0.15, -0.1) is 0 Å². The van der Waals surface area contributed by atoms with Crippen molar-refractivity contribution >= 4 is 22.9 Å². The fourth-order valence-electron chi connectivity index (χ4n) is 3.86. The lowest BCUT2D eigenvalue weighted by Gasteiger charge is -2.33. The van der Waals surface area contributed by atoms with Crippen LogP contribution in [0.5, 0.6) is 0 Å². The van der Waals surface area contributed by atoms with E-state index in [4.69, 9.17) is 17.5 Å². The second-order valence-electron chi connectivity index (χ2n) is 6.25. The van der Waals surface area contributed by atoms with Gasteiger partial charge in [0.15, 0.2) is 0 Å². The molecule has 0 unspecified atom stereocenters. The Morgan fingerprint density at radius 3 is 2.64 bits per heavy atom. The molecule has 3 nitrogen and oxygen atoms in total. The van der Waals surface area contributed by atoms with Gasteiger partial charge in [0, 0.05) is 16.8 Å². The highest BCUT2D eigenvalue weighted by molar-refractivity contribution is 7.80. The molecule has 0 amide bonds. The summed E-state index contributed by atoms with van der Waals surface area (Å²) in [6.07, 6.45) is 6.08. The van der Waals surface area contributed by atoms with Gasteiger partial charge >= 0.3 is 0 Å². The summed E-state index contributed by atoms with van der Waals surface area (Å²) in [7, 11) is 0. The lowest BCUT2D eigenvalue weighted by atomic mass is 9.70. The predicted molar refractivity (Wildman–Crippen MR) is 91.9 cm³/mol. The highest BCUT2D eigenvalue weighted by atomic mass is 32.1. The molecular formula is C18H17N3S. The number of aromatic amines is 1.